The molecule has 0 fully saturated rings. The summed E-state index contributed by atoms with van der Waals surface area (Å²) in [5.74, 6) is -5.10. The van der Waals surface area contributed by atoms with Crippen LogP contribution in [0.1, 0.15) is 29.2 Å². The number of hydrogen-bond acceptors (Lipinski definition) is 9. The number of hydrogen-bond donors (Lipinski definition) is 7. The summed E-state index contributed by atoms with van der Waals surface area (Å²) in [7, 11) is 0. The van der Waals surface area contributed by atoms with Crippen molar-refractivity contribution < 1.29 is 50.1 Å². The highest BCUT2D eigenvalue weighted by Gasteiger charge is 2.33. The fraction of sp³-hybridized carbons (Fsp3) is 0.111. The van der Waals surface area contributed by atoms with Gasteiger partial charge in [-0.3, -0.25) is 0 Å². The van der Waals surface area contributed by atoms with Crippen LogP contribution in [0.4, 0.5) is 0 Å². The molecule has 4 rings (SSSR count). The molecule has 1 atom stereocenters. The zero-order valence-electron chi connectivity index (χ0n) is 19.3. The lowest BCUT2D eigenvalue weighted by atomic mass is 9.92. The summed E-state index contributed by atoms with van der Waals surface area (Å²) in [6.45, 7) is 1.58. The lowest BCUT2D eigenvalue weighted by Gasteiger charge is -2.17. The van der Waals surface area contributed by atoms with Gasteiger partial charge in [0.05, 0.1) is 5.57 Å². The number of carbonyl (C=O) groups is 2. The number of carboxylic acids is 1. The van der Waals surface area contributed by atoms with E-state index in [0.717, 1.165) is 6.07 Å². The Labute approximate surface area is 209 Å². The van der Waals surface area contributed by atoms with Gasteiger partial charge in [0.25, 0.3) is 0 Å². The van der Waals surface area contributed by atoms with Gasteiger partial charge < -0.3 is 40.5 Å². The van der Waals surface area contributed by atoms with Crippen LogP contribution in [-0.4, -0.2) is 53.8 Å². The number of carboxylic acid groups (broad SMARTS) is 1. The highest BCUT2D eigenvalue weighted by molar-refractivity contribution is 6.21. The van der Waals surface area contributed by atoms with Crippen molar-refractivity contribution in [3.05, 3.63) is 76.4 Å². The van der Waals surface area contributed by atoms with Gasteiger partial charge in [-0.2, -0.15) is 0 Å². The van der Waals surface area contributed by atoms with Crippen molar-refractivity contribution in [2.45, 2.75) is 19.4 Å². The number of phenolic OH excluding ortho intramolecular Hbond substituents is 6. The third-order valence-electron chi connectivity index (χ3n) is 6.00. The predicted octanol–water partition coefficient (Wildman–Crippen LogP) is 3.49. The van der Waals surface area contributed by atoms with Crippen molar-refractivity contribution in [3.63, 3.8) is 0 Å². The molecule has 0 amide bonds. The van der Waals surface area contributed by atoms with Gasteiger partial charge in [-0.25, -0.2) is 9.59 Å². The number of aromatic hydroxyl groups is 6. The van der Waals surface area contributed by atoms with Crippen molar-refractivity contribution >= 4 is 29.2 Å². The summed E-state index contributed by atoms with van der Waals surface area (Å²) in [5, 5.41) is 69.1. The minimum Gasteiger partial charge on any atom is -0.504 e. The van der Waals surface area contributed by atoms with Gasteiger partial charge in [0.1, 0.15) is 0 Å². The first-order valence-corrected chi connectivity index (χ1v) is 10.9. The molecular weight excluding hydrogens is 484 g/mol. The van der Waals surface area contributed by atoms with Crippen LogP contribution in [0, 0.1) is 0 Å². The minimum absolute atomic E-state index is 0.104. The van der Waals surface area contributed by atoms with E-state index in [0.29, 0.717) is 16.7 Å². The molecule has 0 spiro atoms. The predicted molar refractivity (Wildman–Crippen MR) is 131 cm³/mol. The normalized spacial score (nSPS) is 14.5. The number of benzene rings is 3. The van der Waals surface area contributed by atoms with Crippen molar-refractivity contribution in [1.29, 1.82) is 0 Å². The van der Waals surface area contributed by atoms with Crippen LogP contribution in [0.15, 0.2) is 54.1 Å². The van der Waals surface area contributed by atoms with Crippen molar-refractivity contribution in [3.8, 4) is 34.5 Å². The molecule has 1 aliphatic carbocycles. The standard InChI is InChI=1S/C27H22O10/c1-12(14-3-6-18(29)21(32)11-14)23-16(10-15-4-7-19(30)25(33)24(15)23)27(36)37-22(26(34)35)9-13-2-5-17(28)20(31)8-13/h2-8,10-11,22,28-33H,9H2,1H3,(H,34,35)/b23-12-. The molecule has 3 aromatic rings. The first-order chi connectivity index (χ1) is 17.5. The molecule has 10 heteroatoms. The monoisotopic (exact) mass is 506 g/mol. The number of phenols is 6. The van der Waals surface area contributed by atoms with Crippen LogP contribution in [-0.2, 0) is 20.7 Å². The van der Waals surface area contributed by atoms with Gasteiger partial charge in [0.2, 0.25) is 6.10 Å². The summed E-state index contributed by atoms with van der Waals surface area (Å²) < 4.78 is 5.31. The molecule has 0 saturated heterocycles. The fourth-order valence-corrected chi connectivity index (χ4v) is 4.07. The van der Waals surface area contributed by atoms with Crippen molar-refractivity contribution in [1.82, 2.24) is 0 Å². The summed E-state index contributed by atoms with van der Waals surface area (Å²) in [4.78, 5) is 25.2. The molecule has 0 radical (unpaired) electrons. The van der Waals surface area contributed by atoms with E-state index in [1.807, 2.05) is 0 Å². The number of carbonyl (C=O) groups excluding carboxylic acids is 1. The second-order valence-corrected chi connectivity index (χ2v) is 8.42. The van der Waals surface area contributed by atoms with E-state index >= 15 is 0 Å². The third kappa shape index (κ3) is 4.72. The molecule has 1 unspecified atom stereocenters. The quantitative estimate of drug-likeness (QED) is 0.193. The highest BCUT2D eigenvalue weighted by Crippen LogP contribution is 2.48. The van der Waals surface area contributed by atoms with Crippen molar-refractivity contribution in [2.24, 2.45) is 0 Å². The average Bonchev–Trinajstić information content (AvgIpc) is 3.25. The minimum atomic E-state index is -1.66. The maximum absolute atomic E-state index is 13.3. The number of aliphatic carboxylic acids is 1. The zero-order chi connectivity index (χ0) is 27.0. The molecule has 0 aliphatic heterocycles. The lowest BCUT2D eigenvalue weighted by Crippen LogP contribution is -2.29. The molecule has 1 aliphatic rings. The fourth-order valence-electron chi connectivity index (χ4n) is 4.07. The second-order valence-electron chi connectivity index (χ2n) is 8.42. The molecule has 190 valence electrons. The Morgan fingerprint density at radius 1 is 0.811 bits per heavy atom. The van der Waals surface area contributed by atoms with E-state index in [1.54, 1.807) is 6.92 Å². The number of fused-ring (bicyclic) bond motifs is 1. The Morgan fingerprint density at radius 2 is 1.43 bits per heavy atom. The van der Waals surface area contributed by atoms with Gasteiger partial charge in [-0.1, -0.05) is 18.2 Å². The second kappa shape index (κ2) is 9.50. The largest absolute Gasteiger partial charge is 0.504 e. The Morgan fingerprint density at radius 3 is 2.05 bits per heavy atom. The maximum Gasteiger partial charge on any atom is 0.345 e. The average molecular weight is 506 g/mol. The Balaban J connectivity index is 1.75. The Bertz CT molecular complexity index is 1500. The summed E-state index contributed by atoms with van der Waals surface area (Å²) in [6.07, 6.45) is -0.603. The highest BCUT2D eigenvalue weighted by atomic mass is 16.6. The van der Waals surface area contributed by atoms with Crippen LogP contribution in [0.25, 0.3) is 17.2 Å². The number of esters is 1. The topological polar surface area (TPSA) is 185 Å². The molecule has 0 heterocycles. The van der Waals surface area contributed by atoms with Crippen LogP contribution in [0.5, 0.6) is 34.5 Å². The van der Waals surface area contributed by atoms with Gasteiger partial charge in [0.15, 0.2) is 34.5 Å². The first kappa shape index (κ1) is 25.0. The summed E-state index contributed by atoms with van der Waals surface area (Å²) in [6, 6.07) is 10.3. The summed E-state index contributed by atoms with van der Waals surface area (Å²) >= 11 is 0. The molecule has 37 heavy (non-hydrogen) atoms. The smallest absolute Gasteiger partial charge is 0.345 e. The van der Waals surface area contributed by atoms with Crippen LogP contribution in [0.2, 0.25) is 0 Å². The number of allylic oxidation sites excluding steroid dienone is 1. The van der Waals surface area contributed by atoms with Gasteiger partial charge in [-0.15, -0.1) is 0 Å². The van der Waals surface area contributed by atoms with E-state index < -0.39 is 46.8 Å². The molecule has 10 nitrogen and oxygen atoms in total. The third-order valence-corrected chi connectivity index (χ3v) is 6.00. The lowest BCUT2D eigenvalue weighted by molar-refractivity contribution is -0.160. The number of ether oxygens (including phenoxy) is 1. The van der Waals surface area contributed by atoms with Gasteiger partial charge in [-0.05, 0) is 65.6 Å². The molecule has 0 saturated carbocycles. The van der Waals surface area contributed by atoms with E-state index in [2.05, 4.69) is 0 Å². The van der Waals surface area contributed by atoms with Gasteiger partial charge >= 0.3 is 11.9 Å². The van der Waals surface area contributed by atoms with Crippen molar-refractivity contribution in [2.75, 3.05) is 0 Å². The molecule has 0 bridgehead atoms. The Kier molecular flexibility index (Phi) is 6.41. The van der Waals surface area contributed by atoms with Crippen LogP contribution < -0.4 is 0 Å². The first-order valence-electron chi connectivity index (χ1n) is 10.9. The van der Waals surface area contributed by atoms with Gasteiger partial charge in [0, 0.05) is 17.6 Å². The molecular formula is C27H22O10. The summed E-state index contributed by atoms with van der Waals surface area (Å²) in [5.41, 5.74) is 1.49. The zero-order valence-corrected chi connectivity index (χ0v) is 19.3. The van der Waals surface area contributed by atoms with Crippen LogP contribution in [0.3, 0.4) is 0 Å². The van der Waals surface area contributed by atoms with E-state index in [4.69, 9.17) is 4.74 Å². The van der Waals surface area contributed by atoms with E-state index in [-0.39, 0.29) is 34.4 Å². The van der Waals surface area contributed by atoms with Crippen LogP contribution >= 0.6 is 0 Å². The molecule has 7 N–H and O–H groups in total. The SMILES string of the molecule is C/C(=C1\C(C(=O)OC(Cc2ccc(O)c(O)c2)C(=O)O)=Cc2ccc(O)c(O)c21)c1ccc(O)c(O)c1. The molecule has 3 aromatic carbocycles. The van der Waals surface area contributed by atoms with E-state index in [9.17, 15) is 45.3 Å². The Hall–Kier alpha value is -5.12. The number of rotatable bonds is 6. The van der Waals surface area contributed by atoms with E-state index in [1.165, 1.54) is 48.5 Å². The maximum atomic E-state index is 13.3. The molecule has 0 aromatic heterocycles.